The van der Waals surface area contributed by atoms with E-state index in [4.69, 9.17) is 4.74 Å². The lowest BCUT2D eigenvalue weighted by Gasteiger charge is -2.41. The molecule has 0 heterocycles. The van der Waals surface area contributed by atoms with Crippen LogP contribution >= 0.6 is 0 Å². The maximum atomic E-state index is 12.4. The lowest BCUT2D eigenvalue weighted by atomic mass is 9.63. The fourth-order valence-electron chi connectivity index (χ4n) is 4.67. The zero-order chi connectivity index (χ0) is 15.6. The average molecular weight is 292 g/mol. The Hall–Kier alpha value is -1.12. The van der Waals surface area contributed by atoms with Crippen molar-refractivity contribution in [2.45, 2.75) is 47.0 Å². The van der Waals surface area contributed by atoms with Gasteiger partial charge in [0.2, 0.25) is 0 Å². The second-order valence-electron chi connectivity index (χ2n) is 7.02. The number of allylic oxidation sites excluding steroid dienone is 1. The van der Waals surface area contributed by atoms with Gasteiger partial charge in [0, 0.05) is 17.9 Å². The maximum absolute atomic E-state index is 12.4. The summed E-state index contributed by atoms with van der Waals surface area (Å²) in [6.45, 7) is 8.86. The molecule has 0 N–H and O–H groups in total. The first-order valence-electron chi connectivity index (χ1n) is 8.28. The molecule has 0 aliphatic heterocycles. The second-order valence-corrected chi connectivity index (χ2v) is 7.02. The molecule has 0 aromatic rings. The van der Waals surface area contributed by atoms with E-state index < -0.39 is 0 Å². The topological polar surface area (TPSA) is 43.4 Å². The zero-order valence-corrected chi connectivity index (χ0v) is 13.7. The number of Topliss-reactive ketones (excluding diaryl/α,β-unsaturated/α-hetero) is 1. The number of carbonyl (C=O) groups is 2. The summed E-state index contributed by atoms with van der Waals surface area (Å²) in [5.74, 6) is 2.77. The summed E-state index contributed by atoms with van der Waals surface area (Å²) < 4.78 is 5.23. The van der Waals surface area contributed by atoms with Crippen molar-refractivity contribution in [1.29, 1.82) is 0 Å². The lowest BCUT2D eigenvalue weighted by molar-refractivity contribution is -0.139. The van der Waals surface area contributed by atoms with Gasteiger partial charge in [0.25, 0.3) is 0 Å². The molecule has 0 aromatic heterocycles. The van der Waals surface area contributed by atoms with Crippen molar-refractivity contribution in [3.05, 3.63) is 12.2 Å². The molecule has 118 valence electrons. The van der Waals surface area contributed by atoms with E-state index in [1.807, 2.05) is 0 Å². The number of esters is 1. The first kappa shape index (κ1) is 16.3. The van der Waals surface area contributed by atoms with Gasteiger partial charge in [-0.1, -0.05) is 26.8 Å². The van der Waals surface area contributed by atoms with Crippen molar-refractivity contribution < 1.29 is 14.3 Å². The fourth-order valence-corrected chi connectivity index (χ4v) is 4.67. The molecule has 0 aromatic carbocycles. The van der Waals surface area contributed by atoms with Crippen molar-refractivity contribution >= 4 is 11.8 Å². The van der Waals surface area contributed by atoms with Crippen molar-refractivity contribution in [3.8, 4) is 0 Å². The van der Waals surface area contributed by atoms with Crippen LogP contribution in [0.4, 0.5) is 0 Å². The van der Waals surface area contributed by atoms with E-state index in [-0.39, 0.29) is 17.8 Å². The summed E-state index contributed by atoms with van der Waals surface area (Å²) in [6, 6.07) is 0. The molecule has 2 fully saturated rings. The number of hydrogen-bond acceptors (Lipinski definition) is 3. The van der Waals surface area contributed by atoms with Gasteiger partial charge in [0.05, 0.1) is 6.61 Å². The Morgan fingerprint density at radius 2 is 2.00 bits per heavy atom. The van der Waals surface area contributed by atoms with Gasteiger partial charge in [-0.15, -0.1) is 0 Å². The fraction of sp³-hybridized carbons (Fsp3) is 0.778. The van der Waals surface area contributed by atoms with E-state index in [9.17, 15) is 9.59 Å². The quantitative estimate of drug-likeness (QED) is 0.587. The van der Waals surface area contributed by atoms with Crippen LogP contribution < -0.4 is 0 Å². The highest BCUT2D eigenvalue weighted by atomic mass is 16.5. The van der Waals surface area contributed by atoms with E-state index in [0.717, 1.165) is 19.3 Å². The highest BCUT2D eigenvalue weighted by molar-refractivity contribution is 5.86. The molecule has 3 heteroatoms. The van der Waals surface area contributed by atoms with Crippen LogP contribution in [0.2, 0.25) is 0 Å². The van der Waals surface area contributed by atoms with Gasteiger partial charge in [-0.3, -0.25) is 4.79 Å². The highest BCUT2D eigenvalue weighted by Gasteiger charge is 2.49. The van der Waals surface area contributed by atoms with Crippen molar-refractivity contribution in [2.24, 2.45) is 35.5 Å². The molecule has 2 aliphatic rings. The average Bonchev–Trinajstić information content (AvgIpc) is 2.69. The predicted octanol–water partition coefficient (Wildman–Crippen LogP) is 3.63. The van der Waals surface area contributed by atoms with Crippen LogP contribution in [-0.2, 0) is 14.3 Å². The first-order chi connectivity index (χ1) is 9.95. The molecular weight excluding hydrogens is 264 g/mol. The Balaban J connectivity index is 1.94. The van der Waals surface area contributed by atoms with Gasteiger partial charge in [0.1, 0.15) is 5.78 Å². The van der Waals surface area contributed by atoms with Crippen LogP contribution in [0.3, 0.4) is 0 Å². The Kier molecular flexibility index (Phi) is 5.23. The molecular formula is C18H28O3. The molecule has 2 saturated carbocycles. The molecule has 0 spiro atoms. The molecule has 2 rings (SSSR count). The van der Waals surface area contributed by atoms with Gasteiger partial charge >= 0.3 is 5.97 Å². The van der Waals surface area contributed by atoms with E-state index in [1.54, 1.807) is 13.0 Å². The SMILES string of the molecule is C/C=C\C(=O)OCCC1C(C)CC2C[C@@H](C)C(=O)C2C1C. The van der Waals surface area contributed by atoms with E-state index in [0.29, 0.717) is 36.1 Å². The van der Waals surface area contributed by atoms with Crippen molar-refractivity contribution in [3.63, 3.8) is 0 Å². The number of rotatable bonds is 4. The van der Waals surface area contributed by atoms with Crippen LogP contribution in [0.5, 0.6) is 0 Å². The van der Waals surface area contributed by atoms with Crippen LogP contribution in [-0.4, -0.2) is 18.4 Å². The third-order valence-corrected chi connectivity index (χ3v) is 5.62. The summed E-state index contributed by atoms with van der Waals surface area (Å²) in [5, 5.41) is 0. The monoisotopic (exact) mass is 292 g/mol. The molecule has 5 unspecified atom stereocenters. The number of carbonyl (C=O) groups excluding carboxylic acids is 2. The number of ketones is 1. The summed E-state index contributed by atoms with van der Waals surface area (Å²) >= 11 is 0. The van der Waals surface area contributed by atoms with E-state index in [1.165, 1.54) is 6.08 Å². The normalized spacial score (nSPS) is 39.5. The Labute approximate surface area is 128 Å². The molecule has 3 nitrogen and oxygen atoms in total. The minimum Gasteiger partial charge on any atom is -0.463 e. The minimum absolute atomic E-state index is 0.237. The number of hydrogen-bond donors (Lipinski definition) is 0. The Morgan fingerprint density at radius 1 is 1.29 bits per heavy atom. The molecule has 2 aliphatic carbocycles. The third kappa shape index (κ3) is 3.38. The summed E-state index contributed by atoms with van der Waals surface area (Å²) in [6.07, 6.45) is 6.24. The highest BCUT2D eigenvalue weighted by Crippen LogP contribution is 2.50. The van der Waals surface area contributed by atoms with Crippen LogP contribution in [0.15, 0.2) is 12.2 Å². The Morgan fingerprint density at radius 3 is 2.67 bits per heavy atom. The number of ether oxygens (including phenoxy) is 1. The van der Waals surface area contributed by atoms with E-state index >= 15 is 0 Å². The predicted molar refractivity (Wildman–Crippen MR) is 82.6 cm³/mol. The summed E-state index contributed by atoms with van der Waals surface area (Å²) in [4.78, 5) is 23.7. The van der Waals surface area contributed by atoms with Crippen LogP contribution in [0.25, 0.3) is 0 Å². The standard InChI is InChI=1S/C18H28O3/c1-5-6-16(19)21-8-7-15-11(2)9-14-10-12(3)18(20)17(14)13(15)4/h5-6,11-15,17H,7-10H2,1-4H3/b6-5-/t11?,12-,13?,14?,15?,17?/m1/s1. The van der Waals surface area contributed by atoms with Crippen LogP contribution in [0.1, 0.15) is 47.0 Å². The largest absolute Gasteiger partial charge is 0.463 e. The number of fused-ring (bicyclic) bond motifs is 1. The molecule has 0 radical (unpaired) electrons. The van der Waals surface area contributed by atoms with Crippen molar-refractivity contribution in [2.75, 3.05) is 6.61 Å². The van der Waals surface area contributed by atoms with Gasteiger partial charge in [-0.25, -0.2) is 4.79 Å². The molecule has 0 amide bonds. The summed E-state index contributed by atoms with van der Waals surface area (Å²) in [7, 11) is 0. The second kappa shape index (κ2) is 6.76. The van der Waals surface area contributed by atoms with Crippen molar-refractivity contribution in [1.82, 2.24) is 0 Å². The maximum Gasteiger partial charge on any atom is 0.330 e. The van der Waals surface area contributed by atoms with Gasteiger partial charge in [0.15, 0.2) is 0 Å². The molecule has 21 heavy (non-hydrogen) atoms. The Bertz CT molecular complexity index is 426. The minimum atomic E-state index is -0.267. The molecule has 0 bridgehead atoms. The van der Waals surface area contributed by atoms with Gasteiger partial charge in [-0.05, 0) is 49.9 Å². The van der Waals surface area contributed by atoms with Gasteiger partial charge < -0.3 is 4.74 Å². The smallest absolute Gasteiger partial charge is 0.330 e. The summed E-state index contributed by atoms with van der Waals surface area (Å²) in [5.41, 5.74) is 0. The van der Waals surface area contributed by atoms with Gasteiger partial charge in [-0.2, -0.15) is 0 Å². The first-order valence-corrected chi connectivity index (χ1v) is 8.28. The lowest BCUT2D eigenvalue weighted by Crippen LogP contribution is -2.39. The molecule has 6 atom stereocenters. The van der Waals surface area contributed by atoms with E-state index in [2.05, 4.69) is 20.8 Å². The molecule has 0 saturated heterocycles. The van der Waals surface area contributed by atoms with Crippen LogP contribution in [0, 0.1) is 35.5 Å². The third-order valence-electron chi connectivity index (χ3n) is 5.62. The zero-order valence-electron chi connectivity index (χ0n) is 13.7.